The molecule has 0 radical (unpaired) electrons. The van der Waals surface area contributed by atoms with E-state index < -0.39 is 0 Å². The summed E-state index contributed by atoms with van der Waals surface area (Å²) >= 11 is 6.16. The van der Waals surface area contributed by atoms with Crippen molar-refractivity contribution in [3.05, 3.63) is 70.8 Å². The number of halogens is 2. The van der Waals surface area contributed by atoms with E-state index >= 15 is 0 Å². The Bertz CT molecular complexity index is 965. The zero-order chi connectivity index (χ0) is 20.4. The molecule has 5 nitrogen and oxygen atoms in total. The highest BCUT2D eigenvalue weighted by atomic mass is 35.5. The van der Waals surface area contributed by atoms with E-state index in [4.69, 9.17) is 11.6 Å². The van der Waals surface area contributed by atoms with E-state index in [1.807, 2.05) is 48.9 Å². The van der Waals surface area contributed by atoms with Gasteiger partial charge in [-0.15, -0.1) is 5.10 Å². The monoisotopic (exact) mass is 413 g/mol. The third-order valence-electron chi connectivity index (χ3n) is 5.71. The van der Waals surface area contributed by atoms with Crippen molar-refractivity contribution in [2.75, 3.05) is 18.0 Å². The number of rotatable bonds is 5. The minimum Gasteiger partial charge on any atom is -0.371 e. The smallest absolute Gasteiger partial charge is 0.159 e. The fourth-order valence-electron chi connectivity index (χ4n) is 4.27. The zero-order valence-corrected chi connectivity index (χ0v) is 17.4. The summed E-state index contributed by atoms with van der Waals surface area (Å²) in [5, 5.41) is 13.1. The predicted octanol–water partition coefficient (Wildman–Crippen LogP) is 5.10. The number of tetrazole rings is 1. The Labute approximate surface area is 175 Å². The van der Waals surface area contributed by atoms with Crippen LogP contribution in [0.2, 0.25) is 5.02 Å². The SMILES string of the molecule is CC(C)n1nnnc1C(c1ccccc1F)C1CCN(c2cccc(Cl)c2)CC1. The van der Waals surface area contributed by atoms with Crippen molar-refractivity contribution in [2.24, 2.45) is 5.92 Å². The van der Waals surface area contributed by atoms with Crippen molar-refractivity contribution in [1.29, 1.82) is 0 Å². The molecule has 0 aliphatic carbocycles. The maximum atomic E-state index is 14.8. The molecule has 1 saturated heterocycles. The number of anilines is 1. The molecule has 3 aromatic rings. The first-order chi connectivity index (χ1) is 14.0. The minimum atomic E-state index is -0.201. The van der Waals surface area contributed by atoms with Gasteiger partial charge in [0.25, 0.3) is 0 Å². The molecule has 1 fully saturated rings. The number of aromatic nitrogens is 4. The normalized spacial score (nSPS) is 16.4. The maximum Gasteiger partial charge on any atom is 0.159 e. The van der Waals surface area contributed by atoms with E-state index in [2.05, 4.69) is 26.5 Å². The lowest BCUT2D eigenvalue weighted by Gasteiger charge is -2.37. The molecule has 0 saturated carbocycles. The Morgan fingerprint density at radius 2 is 1.83 bits per heavy atom. The highest BCUT2D eigenvalue weighted by Gasteiger charge is 2.34. The van der Waals surface area contributed by atoms with Crippen molar-refractivity contribution in [2.45, 2.75) is 38.6 Å². The van der Waals surface area contributed by atoms with Crippen molar-refractivity contribution in [3.8, 4) is 0 Å². The molecule has 152 valence electrons. The lowest BCUT2D eigenvalue weighted by atomic mass is 9.79. The summed E-state index contributed by atoms with van der Waals surface area (Å²) in [4.78, 5) is 2.34. The molecule has 29 heavy (non-hydrogen) atoms. The minimum absolute atomic E-state index is 0.112. The first kappa shape index (κ1) is 19.8. The fraction of sp³-hybridized carbons (Fsp3) is 0.409. The van der Waals surface area contributed by atoms with Gasteiger partial charge < -0.3 is 4.90 Å². The Hall–Kier alpha value is -2.47. The van der Waals surface area contributed by atoms with E-state index in [0.717, 1.165) is 42.5 Å². The molecule has 1 aliphatic rings. The molecule has 2 aromatic carbocycles. The van der Waals surface area contributed by atoms with Crippen LogP contribution in [0.5, 0.6) is 0 Å². The second kappa shape index (κ2) is 8.49. The summed E-state index contributed by atoms with van der Waals surface area (Å²) in [5.74, 6) is 0.625. The van der Waals surface area contributed by atoms with Crippen LogP contribution in [0.25, 0.3) is 0 Å². The van der Waals surface area contributed by atoms with Gasteiger partial charge in [0, 0.05) is 23.8 Å². The van der Waals surface area contributed by atoms with E-state index in [1.54, 1.807) is 6.07 Å². The third kappa shape index (κ3) is 4.13. The van der Waals surface area contributed by atoms with Gasteiger partial charge in [0.05, 0.1) is 12.0 Å². The van der Waals surface area contributed by atoms with Crippen molar-refractivity contribution < 1.29 is 4.39 Å². The average Bonchev–Trinajstić information content (AvgIpc) is 3.20. The largest absolute Gasteiger partial charge is 0.371 e. The highest BCUT2D eigenvalue weighted by molar-refractivity contribution is 6.30. The molecule has 4 rings (SSSR count). The topological polar surface area (TPSA) is 46.8 Å². The van der Waals surface area contributed by atoms with Crippen LogP contribution in [0.4, 0.5) is 10.1 Å². The Morgan fingerprint density at radius 1 is 1.07 bits per heavy atom. The number of benzene rings is 2. The van der Waals surface area contributed by atoms with Gasteiger partial charge in [-0.3, -0.25) is 0 Å². The molecule has 0 bridgehead atoms. The Morgan fingerprint density at radius 3 is 2.52 bits per heavy atom. The predicted molar refractivity (Wildman–Crippen MR) is 113 cm³/mol. The molecule has 1 aliphatic heterocycles. The van der Waals surface area contributed by atoms with Crippen LogP contribution in [0.15, 0.2) is 48.5 Å². The van der Waals surface area contributed by atoms with Gasteiger partial charge in [-0.05, 0) is 72.9 Å². The van der Waals surface area contributed by atoms with Gasteiger partial charge in [-0.25, -0.2) is 9.07 Å². The van der Waals surface area contributed by atoms with Gasteiger partial charge in [0.2, 0.25) is 0 Å². The molecule has 0 amide bonds. The molecule has 2 heterocycles. The molecular formula is C22H25ClFN5. The van der Waals surface area contributed by atoms with Gasteiger partial charge in [-0.1, -0.05) is 35.9 Å². The zero-order valence-electron chi connectivity index (χ0n) is 16.7. The first-order valence-corrected chi connectivity index (χ1v) is 10.4. The summed E-state index contributed by atoms with van der Waals surface area (Å²) in [6.07, 6.45) is 1.85. The fourth-order valence-corrected chi connectivity index (χ4v) is 4.45. The first-order valence-electron chi connectivity index (χ1n) is 10.1. The van der Waals surface area contributed by atoms with Gasteiger partial charge in [0.15, 0.2) is 5.82 Å². The van der Waals surface area contributed by atoms with Gasteiger partial charge >= 0.3 is 0 Å². The number of hydrogen-bond donors (Lipinski definition) is 0. The van der Waals surface area contributed by atoms with Crippen LogP contribution in [-0.4, -0.2) is 33.3 Å². The summed E-state index contributed by atoms with van der Waals surface area (Å²) in [6.45, 7) is 5.86. The molecular weight excluding hydrogens is 389 g/mol. The van der Waals surface area contributed by atoms with E-state index in [-0.39, 0.29) is 23.7 Å². The number of piperidine rings is 1. The summed E-state index contributed by atoms with van der Waals surface area (Å²) in [5.41, 5.74) is 1.80. The standard InChI is InChI=1S/C22H25ClFN5/c1-15(2)29-22(25-26-27-29)21(19-8-3-4-9-20(19)24)16-10-12-28(13-11-16)18-7-5-6-17(23)14-18/h3-9,14-16,21H,10-13H2,1-2H3. The number of hydrogen-bond acceptors (Lipinski definition) is 4. The summed E-state index contributed by atoms with van der Waals surface area (Å²) in [6, 6.07) is 15.0. The van der Waals surface area contributed by atoms with Crippen LogP contribution >= 0.6 is 11.6 Å². The van der Waals surface area contributed by atoms with Crippen LogP contribution in [-0.2, 0) is 0 Å². The lowest BCUT2D eigenvalue weighted by Crippen LogP contribution is -2.36. The van der Waals surface area contributed by atoms with Gasteiger partial charge in [0.1, 0.15) is 5.82 Å². The Kier molecular flexibility index (Phi) is 5.81. The van der Waals surface area contributed by atoms with Crippen molar-refractivity contribution in [3.63, 3.8) is 0 Å². The summed E-state index contributed by atoms with van der Waals surface area (Å²) < 4.78 is 16.6. The van der Waals surface area contributed by atoms with E-state index in [0.29, 0.717) is 5.56 Å². The molecule has 1 atom stereocenters. The van der Waals surface area contributed by atoms with E-state index in [9.17, 15) is 4.39 Å². The third-order valence-corrected chi connectivity index (χ3v) is 5.95. The van der Waals surface area contributed by atoms with Crippen LogP contribution < -0.4 is 4.90 Å². The van der Waals surface area contributed by atoms with Crippen molar-refractivity contribution in [1.82, 2.24) is 20.2 Å². The summed E-state index contributed by atoms with van der Waals surface area (Å²) in [7, 11) is 0. The van der Waals surface area contributed by atoms with E-state index in [1.165, 1.54) is 6.07 Å². The molecule has 1 unspecified atom stereocenters. The number of nitrogens with zero attached hydrogens (tertiary/aromatic N) is 5. The van der Waals surface area contributed by atoms with Crippen molar-refractivity contribution >= 4 is 17.3 Å². The molecule has 1 aromatic heterocycles. The molecule has 7 heteroatoms. The molecule has 0 spiro atoms. The second-order valence-corrected chi connectivity index (χ2v) is 8.32. The van der Waals surface area contributed by atoms with Gasteiger partial charge in [-0.2, -0.15) is 0 Å². The second-order valence-electron chi connectivity index (χ2n) is 7.88. The quantitative estimate of drug-likeness (QED) is 0.584. The van der Waals surface area contributed by atoms with Crippen LogP contribution in [0.1, 0.15) is 50.0 Å². The van der Waals surface area contributed by atoms with Crippen LogP contribution in [0.3, 0.4) is 0 Å². The average molecular weight is 414 g/mol. The molecule has 0 N–H and O–H groups in total. The lowest BCUT2D eigenvalue weighted by molar-refractivity contribution is 0.339. The maximum absolute atomic E-state index is 14.8. The highest BCUT2D eigenvalue weighted by Crippen LogP contribution is 2.39. The Balaban J connectivity index is 1.63. The van der Waals surface area contributed by atoms with Crippen LogP contribution in [0, 0.1) is 11.7 Å².